The van der Waals surface area contributed by atoms with E-state index in [4.69, 9.17) is 0 Å². The number of sulfonamides is 1. The van der Waals surface area contributed by atoms with Gasteiger partial charge in [0.15, 0.2) is 0 Å². The van der Waals surface area contributed by atoms with Crippen molar-refractivity contribution in [2.75, 3.05) is 21.9 Å². The number of carbonyl (C=O) groups excluding carboxylic acids is 2. The van der Waals surface area contributed by atoms with Crippen molar-refractivity contribution in [2.45, 2.75) is 39.2 Å². The molecule has 1 aliphatic rings. The van der Waals surface area contributed by atoms with Crippen LogP contribution in [0.1, 0.15) is 54.3 Å². The highest BCUT2D eigenvalue weighted by Gasteiger charge is 2.26. The molecule has 0 atom stereocenters. The normalized spacial score (nSPS) is 16.0. The second-order valence-electron chi connectivity index (χ2n) is 8.35. The zero-order chi connectivity index (χ0) is 21.9. The smallest absolute Gasteiger partial charge is 0.255 e. The highest BCUT2D eigenvalue weighted by atomic mass is 32.2. The Morgan fingerprint density at radius 1 is 0.967 bits per heavy atom. The first-order valence-electron chi connectivity index (χ1n) is 9.90. The van der Waals surface area contributed by atoms with Crippen LogP contribution in [-0.2, 0) is 10.0 Å². The van der Waals surface area contributed by atoms with E-state index in [0.717, 1.165) is 6.42 Å². The van der Waals surface area contributed by atoms with Crippen LogP contribution in [0.2, 0.25) is 0 Å². The van der Waals surface area contributed by atoms with E-state index >= 15 is 0 Å². The van der Waals surface area contributed by atoms with Crippen LogP contribution >= 0.6 is 0 Å². The van der Waals surface area contributed by atoms with Gasteiger partial charge in [-0.1, -0.05) is 18.2 Å². The summed E-state index contributed by atoms with van der Waals surface area (Å²) in [5, 5.41) is 5.66. The first-order chi connectivity index (χ1) is 14.1. The Bertz CT molecular complexity index is 1060. The summed E-state index contributed by atoms with van der Waals surface area (Å²) < 4.78 is 26.1. The fraction of sp³-hybridized carbons (Fsp3) is 0.364. The average Bonchev–Trinajstić information content (AvgIpc) is 2.67. The number of nitrogens with one attached hydrogen (secondary N) is 2. The zero-order valence-electron chi connectivity index (χ0n) is 17.4. The third kappa shape index (κ3) is 5.18. The molecule has 1 fully saturated rings. The molecule has 1 aliphatic heterocycles. The quantitative estimate of drug-likeness (QED) is 0.779. The van der Waals surface area contributed by atoms with E-state index in [2.05, 4.69) is 10.6 Å². The van der Waals surface area contributed by atoms with Crippen molar-refractivity contribution in [3.8, 4) is 0 Å². The molecule has 1 saturated heterocycles. The van der Waals surface area contributed by atoms with Gasteiger partial charge in [0.25, 0.3) is 11.8 Å². The van der Waals surface area contributed by atoms with Gasteiger partial charge in [-0.25, -0.2) is 8.42 Å². The van der Waals surface area contributed by atoms with Crippen LogP contribution in [0.15, 0.2) is 48.5 Å². The monoisotopic (exact) mass is 429 g/mol. The standard InChI is InChI=1S/C22H27N3O4S/c1-22(2,3)24-21(27)18-11-4-5-12-19(18)23-20(26)16-9-8-10-17(15-16)25-13-6-7-14-30(25,28)29/h4-5,8-12,15H,6-7,13-14H2,1-3H3,(H,23,26)(H,24,27). The summed E-state index contributed by atoms with van der Waals surface area (Å²) in [4.78, 5) is 25.5. The fourth-order valence-electron chi connectivity index (χ4n) is 3.27. The van der Waals surface area contributed by atoms with Crippen LogP contribution in [0.25, 0.3) is 0 Å². The lowest BCUT2D eigenvalue weighted by atomic mass is 10.1. The summed E-state index contributed by atoms with van der Waals surface area (Å²) in [6.07, 6.45) is 1.43. The van der Waals surface area contributed by atoms with Gasteiger partial charge in [0, 0.05) is 17.6 Å². The predicted molar refractivity (Wildman–Crippen MR) is 118 cm³/mol. The van der Waals surface area contributed by atoms with E-state index in [9.17, 15) is 18.0 Å². The Kier molecular flexibility index (Phi) is 6.17. The molecule has 0 saturated carbocycles. The molecule has 30 heavy (non-hydrogen) atoms. The molecular formula is C22H27N3O4S. The Hall–Kier alpha value is -2.87. The van der Waals surface area contributed by atoms with Gasteiger partial charge in [-0.3, -0.25) is 13.9 Å². The molecule has 160 valence electrons. The molecule has 7 nitrogen and oxygen atoms in total. The summed E-state index contributed by atoms with van der Waals surface area (Å²) in [5.41, 5.74) is 1.12. The van der Waals surface area contributed by atoms with Crippen molar-refractivity contribution < 1.29 is 18.0 Å². The Balaban J connectivity index is 1.83. The van der Waals surface area contributed by atoms with Gasteiger partial charge in [-0.2, -0.15) is 0 Å². The molecule has 3 rings (SSSR count). The highest BCUT2D eigenvalue weighted by Crippen LogP contribution is 2.25. The van der Waals surface area contributed by atoms with E-state index in [1.807, 2.05) is 20.8 Å². The van der Waals surface area contributed by atoms with Crippen molar-refractivity contribution in [2.24, 2.45) is 0 Å². The molecule has 8 heteroatoms. The summed E-state index contributed by atoms with van der Waals surface area (Å²) in [6.45, 7) is 6.05. The molecule has 2 aromatic carbocycles. The van der Waals surface area contributed by atoms with Crippen molar-refractivity contribution >= 4 is 33.2 Å². The number of hydrogen-bond donors (Lipinski definition) is 2. The largest absolute Gasteiger partial charge is 0.347 e. The molecule has 0 bridgehead atoms. The van der Waals surface area contributed by atoms with Crippen LogP contribution in [-0.4, -0.2) is 38.1 Å². The molecular weight excluding hydrogens is 402 g/mol. The van der Waals surface area contributed by atoms with Crippen LogP contribution < -0.4 is 14.9 Å². The van der Waals surface area contributed by atoms with Gasteiger partial charge in [0.05, 0.1) is 22.7 Å². The summed E-state index contributed by atoms with van der Waals surface area (Å²) >= 11 is 0. The third-order valence-electron chi connectivity index (χ3n) is 4.65. The number of rotatable bonds is 4. The average molecular weight is 430 g/mol. The van der Waals surface area contributed by atoms with E-state index in [1.165, 1.54) is 4.31 Å². The fourth-order valence-corrected chi connectivity index (χ4v) is 4.91. The molecule has 2 amide bonds. The van der Waals surface area contributed by atoms with E-state index in [0.29, 0.717) is 35.5 Å². The topological polar surface area (TPSA) is 95.6 Å². The molecule has 0 aliphatic carbocycles. The summed E-state index contributed by atoms with van der Waals surface area (Å²) in [7, 11) is -3.36. The van der Waals surface area contributed by atoms with Crippen molar-refractivity contribution in [1.29, 1.82) is 0 Å². The first kappa shape index (κ1) is 21.8. The number of nitrogens with zero attached hydrogens (tertiary/aromatic N) is 1. The van der Waals surface area contributed by atoms with Gasteiger partial charge in [0.1, 0.15) is 0 Å². The van der Waals surface area contributed by atoms with Crippen molar-refractivity contribution in [1.82, 2.24) is 5.32 Å². The maximum absolute atomic E-state index is 12.9. The Labute approximate surface area is 177 Å². The number of carbonyl (C=O) groups is 2. The lowest BCUT2D eigenvalue weighted by molar-refractivity contribution is 0.0920. The summed E-state index contributed by atoms with van der Waals surface area (Å²) in [6, 6.07) is 13.3. The number of para-hydroxylation sites is 1. The Morgan fingerprint density at radius 3 is 2.40 bits per heavy atom. The molecule has 0 aromatic heterocycles. The lowest BCUT2D eigenvalue weighted by Gasteiger charge is -2.28. The first-order valence-corrected chi connectivity index (χ1v) is 11.5. The molecule has 2 N–H and O–H groups in total. The molecule has 0 radical (unpaired) electrons. The zero-order valence-corrected chi connectivity index (χ0v) is 18.3. The summed E-state index contributed by atoms with van der Waals surface area (Å²) in [5.74, 6) is -0.589. The lowest BCUT2D eigenvalue weighted by Crippen LogP contribution is -2.40. The molecule has 1 heterocycles. The van der Waals surface area contributed by atoms with E-state index < -0.39 is 21.5 Å². The number of amides is 2. The minimum absolute atomic E-state index is 0.111. The van der Waals surface area contributed by atoms with Gasteiger partial charge >= 0.3 is 0 Å². The second-order valence-corrected chi connectivity index (χ2v) is 10.4. The van der Waals surface area contributed by atoms with Crippen LogP contribution in [0.4, 0.5) is 11.4 Å². The van der Waals surface area contributed by atoms with Crippen LogP contribution in [0, 0.1) is 0 Å². The minimum atomic E-state index is -3.36. The second kappa shape index (κ2) is 8.47. The Morgan fingerprint density at radius 2 is 1.70 bits per heavy atom. The van der Waals surface area contributed by atoms with Gasteiger partial charge < -0.3 is 10.6 Å². The van der Waals surface area contributed by atoms with Crippen LogP contribution in [0.5, 0.6) is 0 Å². The molecule has 0 unspecified atom stereocenters. The van der Waals surface area contributed by atoms with Crippen LogP contribution in [0.3, 0.4) is 0 Å². The molecule has 2 aromatic rings. The van der Waals surface area contributed by atoms with E-state index in [-0.39, 0.29) is 11.7 Å². The van der Waals surface area contributed by atoms with Gasteiger partial charge in [-0.05, 0) is 63.9 Å². The molecule has 0 spiro atoms. The third-order valence-corrected chi connectivity index (χ3v) is 6.52. The minimum Gasteiger partial charge on any atom is -0.347 e. The van der Waals surface area contributed by atoms with Gasteiger partial charge in [0.2, 0.25) is 10.0 Å². The van der Waals surface area contributed by atoms with Gasteiger partial charge in [-0.15, -0.1) is 0 Å². The maximum atomic E-state index is 12.9. The predicted octanol–water partition coefficient (Wildman–Crippen LogP) is 3.40. The van der Waals surface area contributed by atoms with Crippen molar-refractivity contribution in [3.05, 3.63) is 59.7 Å². The number of hydrogen-bond acceptors (Lipinski definition) is 4. The SMILES string of the molecule is CC(C)(C)NC(=O)c1ccccc1NC(=O)c1cccc(N2CCCCS2(=O)=O)c1. The highest BCUT2D eigenvalue weighted by molar-refractivity contribution is 7.92. The van der Waals surface area contributed by atoms with E-state index in [1.54, 1.807) is 48.5 Å². The number of anilines is 2. The number of benzene rings is 2. The maximum Gasteiger partial charge on any atom is 0.255 e. The van der Waals surface area contributed by atoms with Crippen molar-refractivity contribution in [3.63, 3.8) is 0 Å².